The number of alkyl halides is 3. The summed E-state index contributed by atoms with van der Waals surface area (Å²) in [5.74, 6) is -3.98. The van der Waals surface area contributed by atoms with Crippen LogP contribution in [0.1, 0.15) is 38.3 Å². The summed E-state index contributed by atoms with van der Waals surface area (Å²) >= 11 is 0. The molecule has 2 aromatic rings. The van der Waals surface area contributed by atoms with Crippen LogP contribution in [0.15, 0.2) is 59.8 Å². The zero-order chi connectivity index (χ0) is 34.2. The van der Waals surface area contributed by atoms with Gasteiger partial charge >= 0.3 is 18.1 Å². The van der Waals surface area contributed by atoms with Gasteiger partial charge in [-0.1, -0.05) is 6.07 Å². The number of allylic oxidation sites excluding steroid dienone is 1. The Balaban J connectivity index is 1.77. The first kappa shape index (κ1) is 35.7. The van der Waals surface area contributed by atoms with Gasteiger partial charge in [-0.2, -0.15) is 13.2 Å². The van der Waals surface area contributed by atoms with Gasteiger partial charge in [0, 0.05) is 28.7 Å². The van der Waals surface area contributed by atoms with Crippen LogP contribution in [-0.2, 0) is 52.2 Å². The maximum atomic E-state index is 13.4. The molecule has 3 rings (SSSR count). The number of hydrogen-bond acceptors (Lipinski definition) is 10. The number of carbonyl (C=O) groups is 4. The molecule has 0 spiro atoms. The first-order valence-electron chi connectivity index (χ1n) is 13.7. The van der Waals surface area contributed by atoms with E-state index < -0.39 is 69.2 Å². The highest BCUT2D eigenvalue weighted by Gasteiger charge is 2.54. The first-order chi connectivity index (χ1) is 21.6. The fourth-order valence-electron chi connectivity index (χ4n) is 4.24. The number of nitrogens with one attached hydrogen (secondary N) is 1. The summed E-state index contributed by atoms with van der Waals surface area (Å²) in [4.78, 5) is 62.3. The molecule has 0 aliphatic carbocycles. The van der Waals surface area contributed by atoms with Crippen LogP contribution < -0.4 is 10.1 Å². The van der Waals surface area contributed by atoms with E-state index in [1.54, 1.807) is 6.92 Å². The molecule has 1 N–H and O–H groups in total. The second kappa shape index (κ2) is 15.5. The first-order valence-corrected chi connectivity index (χ1v) is 15.1. The summed E-state index contributed by atoms with van der Waals surface area (Å²) < 4.78 is 67.8. The molecule has 0 saturated carbocycles. The van der Waals surface area contributed by atoms with Crippen molar-refractivity contribution in [1.29, 1.82) is 0 Å². The third-order valence-electron chi connectivity index (χ3n) is 6.40. The van der Waals surface area contributed by atoms with Crippen LogP contribution in [0.2, 0.25) is 0 Å². The molecule has 0 radical (unpaired) electrons. The molecule has 0 aromatic heterocycles. The molecule has 2 aromatic carbocycles. The number of nitrogens with zero attached hydrogens (tertiary/aromatic N) is 2. The third kappa shape index (κ3) is 9.12. The quantitative estimate of drug-likeness (QED) is 0.103. The SMILES string of the molecule is CCOC(=O)CCS(=O)C1C(NC(=O)COc2cccc(C(F)(F)F)c2)C(=O)N1C(C(=O)OCc1ccc([N+](=O)[O-])cc1)=C(C)C. The topological polar surface area (TPSA) is 171 Å². The number of rotatable bonds is 14. The standard InChI is InChI=1S/C29H30F3N3O10S/c1-4-43-23(37)12-13-46(42)27-24(33-22(36)16-44-21-7-5-6-19(14-21)29(30,31)32)26(38)34(27)25(17(2)3)28(39)45-15-18-8-10-20(11-9-18)35(40)41/h5-11,14,24,27H,4,12-13,15-16H2,1-3H3,(H,33,36). The Morgan fingerprint density at radius 2 is 1.76 bits per heavy atom. The number of likely N-dealkylation sites (tertiary alicyclic amines) is 1. The van der Waals surface area contributed by atoms with Crippen molar-refractivity contribution in [3.63, 3.8) is 0 Å². The second-order valence-electron chi connectivity index (χ2n) is 9.95. The van der Waals surface area contributed by atoms with Crippen molar-refractivity contribution in [2.75, 3.05) is 19.0 Å². The number of ether oxygens (including phenoxy) is 3. The smallest absolute Gasteiger partial charge is 0.416 e. The van der Waals surface area contributed by atoms with Gasteiger partial charge < -0.3 is 19.5 Å². The number of non-ortho nitro benzene ring substituents is 1. The molecule has 1 aliphatic heterocycles. The number of β-lactam (4-membered cyclic amide) rings is 1. The number of hydrogen-bond donors (Lipinski definition) is 1. The molecule has 1 saturated heterocycles. The van der Waals surface area contributed by atoms with E-state index in [0.29, 0.717) is 11.6 Å². The maximum absolute atomic E-state index is 13.4. The lowest BCUT2D eigenvalue weighted by atomic mass is 10.0. The lowest BCUT2D eigenvalue weighted by Gasteiger charge is -2.46. The highest BCUT2D eigenvalue weighted by atomic mass is 32.2. The Morgan fingerprint density at radius 1 is 1.09 bits per heavy atom. The van der Waals surface area contributed by atoms with E-state index in [2.05, 4.69) is 5.32 Å². The van der Waals surface area contributed by atoms with Crippen molar-refractivity contribution >= 4 is 40.2 Å². The monoisotopic (exact) mass is 669 g/mol. The molecule has 46 heavy (non-hydrogen) atoms. The largest absolute Gasteiger partial charge is 0.484 e. The van der Waals surface area contributed by atoms with Gasteiger partial charge in [0.05, 0.1) is 23.5 Å². The van der Waals surface area contributed by atoms with Gasteiger partial charge in [-0.25, -0.2) is 4.79 Å². The third-order valence-corrected chi connectivity index (χ3v) is 8.03. The Labute approximate surface area is 263 Å². The van der Waals surface area contributed by atoms with Crippen LogP contribution in [-0.4, -0.2) is 68.2 Å². The second-order valence-corrected chi connectivity index (χ2v) is 11.6. The molecule has 17 heteroatoms. The average Bonchev–Trinajstić information content (AvgIpc) is 3.00. The lowest BCUT2D eigenvalue weighted by Crippen LogP contribution is -2.72. The van der Waals surface area contributed by atoms with Crippen LogP contribution in [0.5, 0.6) is 5.75 Å². The van der Waals surface area contributed by atoms with E-state index >= 15 is 0 Å². The zero-order valence-corrected chi connectivity index (χ0v) is 25.6. The summed E-state index contributed by atoms with van der Waals surface area (Å²) in [7, 11) is -2.04. The van der Waals surface area contributed by atoms with Gasteiger partial charge in [-0.05, 0) is 62.2 Å². The molecule has 2 amide bonds. The fourth-order valence-corrected chi connectivity index (χ4v) is 5.78. The van der Waals surface area contributed by atoms with E-state index in [0.717, 1.165) is 17.0 Å². The number of carbonyl (C=O) groups excluding carboxylic acids is 4. The molecule has 3 atom stereocenters. The fraction of sp³-hybridized carbons (Fsp3) is 0.379. The number of esters is 2. The van der Waals surface area contributed by atoms with Gasteiger partial charge in [0.25, 0.3) is 17.5 Å². The molecule has 1 fully saturated rings. The molecule has 3 unspecified atom stereocenters. The molecule has 13 nitrogen and oxygen atoms in total. The minimum absolute atomic E-state index is 0.0760. The Morgan fingerprint density at radius 3 is 2.35 bits per heavy atom. The van der Waals surface area contributed by atoms with E-state index in [1.807, 2.05) is 0 Å². The maximum Gasteiger partial charge on any atom is 0.416 e. The normalized spacial score (nSPS) is 16.5. The molecule has 1 heterocycles. The molecular weight excluding hydrogens is 639 g/mol. The Bertz CT molecular complexity index is 1540. The number of amides is 2. The van der Waals surface area contributed by atoms with Gasteiger partial charge in [-0.15, -0.1) is 0 Å². The van der Waals surface area contributed by atoms with Gasteiger partial charge in [0.15, 0.2) is 6.61 Å². The summed E-state index contributed by atoms with van der Waals surface area (Å²) in [5, 5.41) is 11.9. The van der Waals surface area contributed by atoms with E-state index in [4.69, 9.17) is 14.2 Å². The minimum Gasteiger partial charge on any atom is -0.484 e. The van der Waals surface area contributed by atoms with Crippen LogP contribution in [0.4, 0.5) is 18.9 Å². The Hall–Kier alpha value is -4.80. The van der Waals surface area contributed by atoms with Gasteiger partial charge in [0.2, 0.25) is 0 Å². The summed E-state index contributed by atoms with van der Waals surface area (Å²) in [5.41, 5.74) is -0.753. The van der Waals surface area contributed by atoms with Crippen LogP contribution in [0.3, 0.4) is 0 Å². The number of benzene rings is 2. The molecular formula is C29H30F3N3O10S. The molecule has 248 valence electrons. The lowest BCUT2D eigenvalue weighted by molar-refractivity contribution is -0.384. The van der Waals surface area contributed by atoms with Crippen molar-refractivity contribution in [3.05, 3.63) is 81.0 Å². The number of nitro groups is 1. The van der Waals surface area contributed by atoms with E-state index in [9.17, 15) is 46.7 Å². The highest BCUT2D eigenvalue weighted by Crippen LogP contribution is 2.32. The van der Waals surface area contributed by atoms with Crippen LogP contribution in [0, 0.1) is 10.1 Å². The minimum atomic E-state index is -4.64. The number of nitro benzene ring substituents is 1. The Kier molecular flexibility index (Phi) is 12.0. The number of halogens is 3. The van der Waals surface area contributed by atoms with Crippen molar-refractivity contribution in [3.8, 4) is 5.75 Å². The average molecular weight is 670 g/mol. The summed E-state index contributed by atoms with van der Waals surface area (Å²) in [6, 6.07) is 7.56. The highest BCUT2D eigenvalue weighted by molar-refractivity contribution is 7.85. The van der Waals surface area contributed by atoms with Crippen LogP contribution >= 0.6 is 0 Å². The van der Waals surface area contributed by atoms with Gasteiger partial charge in [0.1, 0.15) is 29.5 Å². The zero-order valence-electron chi connectivity index (χ0n) is 24.8. The van der Waals surface area contributed by atoms with Crippen molar-refractivity contribution in [2.45, 2.75) is 51.4 Å². The van der Waals surface area contributed by atoms with Gasteiger partial charge in [-0.3, -0.25) is 33.6 Å². The predicted octanol–water partition coefficient (Wildman–Crippen LogP) is 3.38. The van der Waals surface area contributed by atoms with Crippen molar-refractivity contribution in [2.24, 2.45) is 0 Å². The molecule has 0 bridgehead atoms. The van der Waals surface area contributed by atoms with E-state index in [-0.39, 0.29) is 48.1 Å². The predicted molar refractivity (Wildman–Crippen MR) is 155 cm³/mol. The summed E-state index contributed by atoms with van der Waals surface area (Å²) in [6.07, 6.45) is -4.94. The van der Waals surface area contributed by atoms with Crippen LogP contribution in [0.25, 0.3) is 0 Å². The molecule has 1 aliphatic rings. The van der Waals surface area contributed by atoms with Crippen molar-refractivity contribution in [1.82, 2.24) is 10.2 Å². The summed E-state index contributed by atoms with van der Waals surface area (Å²) in [6.45, 7) is 3.52. The van der Waals surface area contributed by atoms with Crippen molar-refractivity contribution < 1.29 is 55.7 Å². The van der Waals surface area contributed by atoms with E-state index in [1.165, 1.54) is 44.2 Å².